The summed E-state index contributed by atoms with van der Waals surface area (Å²) in [5.41, 5.74) is 3.40. The second-order valence-electron chi connectivity index (χ2n) is 4.33. The Bertz CT molecular complexity index is 788. The molecule has 0 aliphatic carbocycles. The Hall–Kier alpha value is -3.50. The van der Waals surface area contributed by atoms with E-state index in [4.69, 9.17) is 0 Å². The van der Waals surface area contributed by atoms with Crippen LogP contribution in [0.5, 0.6) is 0 Å². The van der Waals surface area contributed by atoms with Crippen molar-refractivity contribution in [3.8, 4) is 23.7 Å². The summed E-state index contributed by atoms with van der Waals surface area (Å²) >= 11 is 0. The molecule has 22 heavy (non-hydrogen) atoms. The smallest absolute Gasteiger partial charge is 0.115 e. The Labute approximate surface area is 128 Å². The Morgan fingerprint density at radius 1 is 0.455 bits per heavy atom. The fourth-order valence-electron chi connectivity index (χ4n) is 1.65. The van der Waals surface area contributed by atoms with Crippen molar-refractivity contribution in [1.82, 2.24) is 19.9 Å². The first-order valence-corrected chi connectivity index (χ1v) is 6.54. The van der Waals surface area contributed by atoms with Gasteiger partial charge in [0.05, 0.1) is 11.1 Å². The van der Waals surface area contributed by atoms with Crippen LogP contribution in [0.2, 0.25) is 0 Å². The molecule has 4 heteroatoms. The highest BCUT2D eigenvalue weighted by Crippen LogP contribution is 2.03. The van der Waals surface area contributed by atoms with Crippen LogP contribution < -0.4 is 0 Å². The molecular formula is C18H10N4. The summed E-state index contributed by atoms with van der Waals surface area (Å²) in [6.07, 6.45) is 9.69. The molecule has 0 bridgehead atoms. The minimum atomic E-state index is 0.787. The average Bonchev–Trinajstić information content (AvgIpc) is 2.61. The van der Waals surface area contributed by atoms with Crippen molar-refractivity contribution in [2.45, 2.75) is 0 Å². The maximum atomic E-state index is 3.92. The van der Waals surface area contributed by atoms with Crippen LogP contribution in [-0.4, -0.2) is 19.9 Å². The molecule has 0 atom stereocenters. The monoisotopic (exact) mass is 282 g/mol. The minimum absolute atomic E-state index is 0.787. The molecular weight excluding hydrogens is 272 g/mol. The van der Waals surface area contributed by atoms with Crippen molar-refractivity contribution >= 4 is 0 Å². The highest BCUT2D eigenvalue weighted by Gasteiger charge is 1.90. The van der Waals surface area contributed by atoms with E-state index in [-0.39, 0.29) is 0 Å². The van der Waals surface area contributed by atoms with Gasteiger partial charge in [0.1, 0.15) is 12.7 Å². The molecule has 0 aliphatic rings. The van der Waals surface area contributed by atoms with Crippen LogP contribution in [0.3, 0.4) is 0 Å². The topological polar surface area (TPSA) is 51.6 Å². The molecule has 0 aliphatic heterocycles. The molecule has 2 heterocycles. The molecule has 3 rings (SSSR count). The number of nitrogens with zero attached hydrogens (tertiary/aromatic N) is 4. The first-order chi connectivity index (χ1) is 10.9. The van der Waals surface area contributed by atoms with Gasteiger partial charge >= 0.3 is 0 Å². The predicted molar refractivity (Wildman–Crippen MR) is 82.5 cm³/mol. The van der Waals surface area contributed by atoms with Gasteiger partial charge in [-0.05, 0) is 24.3 Å². The van der Waals surface area contributed by atoms with Gasteiger partial charge in [0, 0.05) is 35.9 Å². The summed E-state index contributed by atoms with van der Waals surface area (Å²) < 4.78 is 0. The van der Waals surface area contributed by atoms with E-state index in [0.717, 1.165) is 22.3 Å². The second-order valence-corrected chi connectivity index (χ2v) is 4.33. The van der Waals surface area contributed by atoms with E-state index in [2.05, 4.69) is 43.6 Å². The normalized spacial score (nSPS) is 9.09. The molecule has 1 aromatic carbocycles. The zero-order valence-corrected chi connectivity index (χ0v) is 11.6. The Kier molecular flexibility index (Phi) is 4.16. The molecule has 4 nitrogen and oxygen atoms in total. The average molecular weight is 282 g/mol. The van der Waals surface area contributed by atoms with Gasteiger partial charge in [-0.3, -0.25) is 0 Å². The van der Waals surface area contributed by atoms with E-state index in [1.54, 1.807) is 24.8 Å². The Balaban J connectivity index is 1.74. The lowest BCUT2D eigenvalue weighted by molar-refractivity contribution is 1.16. The van der Waals surface area contributed by atoms with Gasteiger partial charge in [-0.1, -0.05) is 23.7 Å². The van der Waals surface area contributed by atoms with E-state index in [1.807, 2.05) is 24.3 Å². The van der Waals surface area contributed by atoms with Gasteiger partial charge in [0.15, 0.2) is 0 Å². The molecule has 0 fully saturated rings. The SMILES string of the molecule is C(#Cc1cncnc1)c1ccc(C#Cc2cncnc2)cc1. The fourth-order valence-corrected chi connectivity index (χ4v) is 1.65. The fraction of sp³-hybridized carbons (Fsp3) is 0. The van der Waals surface area contributed by atoms with Crippen LogP contribution in [0.4, 0.5) is 0 Å². The zero-order chi connectivity index (χ0) is 15.0. The van der Waals surface area contributed by atoms with E-state index in [1.165, 1.54) is 12.7 Å². The Morgan fingerprint density at radius 3 is 1.14 bits per heavy atom. The third kappa shape index (κ3) is 3.75. The molecule has 102 valence electrons. The molecule has 2 aromatic heterocycles. The standard InChI is InChI=1S/C18H10N4/c1-2-16(6-8-18-11-21-14-22-12-18)4-3-15(1)5-7-17-9-19-13-20-10-17/h1-4,9-14H. The molecule has 0 saturated heterocycles. The van der Waals surface area contributed by atoms with Gasteiger partial charge in [-0.2, -0.15) is 0 Å². The van der Waals surface area contributed by atoms with Gasteiger partial charge in [-0.25, -0.2) is 19.9 Å². The highest BCUT2D eigenvalue weighted by molar-refractivity contribution is 5.46. The summed E-state index contributed by atoms with van der Waals surface area (Å²) in [6.45, 7) is 0. The number of hydrogen-bond donors (Lipinski definition) is 0. The van der Waals surface area contributed by atoms with Gasteiger partial charge in [0.2, 0.25) is 0 Å². The van der Waals surface area contributed by atoms with Gasteiger partial charge in [-0.15, -0.1) is 0 Å². The first kappa shape index (κ1) is 13.5. The third-order valence-corrected chi connectivity index (χ3v) is 2.71. The highest BCUT2D eigenvalue weighted by atomic mass is 14.8. The number of aromatic nitrogens is 4. The van der Waals surface area contributed by atoms with E-state index < -0.39 is 0 Å². The van der Waals surface area contributed by atoms with Crippen LogP contribution in [0, 0.1) is 23.7 Å². The Morgan fingerprint density at radius 2 is 0.773 bits per heavy atom. The van der Waals surface area contributed by atoms with E-state index in [9.17, 15) is 0 Å². The van der Waals surface area contributed by atoms with Crippen molar-refractivity contribution in [2.24, 2.45) is 0 Å². The molecule has 0 radical (unpaired) electrons. The van der Waals surface area contributed by atoms with Gasteiger partial charge < -0.3 is 0 Å². The van der Waals surface area contributed by atoms with E-state index >= 15 is 0 Å². The van der Waals surface area contributed by atoms with Crippen LogP contribution >= 0.6 is 0 Å². The maximum Gasteiger partial charge on any atom is 0.115 e. The molecule has 0 N–H and O–H groups in total. The quantitative estimate of drug-likeness (QED) is 0.592. The zero-order valence-electron chi connectivity index (χ0n) is 11.6. The summed E-state index contributed by atoms with van der Waals surface area (Å²) in [5, 5.41) is 0. The molecule has 0 amide bonds. The second kappa shape index (κ2) is 6.78. The number of benzene rings is 1. The molecule has 0 saturated carbocycles. The summed E-state index contributed by atoms with van der Waals surface area (Å²) in [5.74, 6) is 12.1. The maximum absolute atomic E-state index is 3.92. The summed E-state index contributed by atoms with van der Waals surface area (Å²) in [6, 6.07) is 7.73. The van der Waals surface area contributed by atoms with Crippen molar-refractivity contribution in [3.63, 3.8) is 0 Å². The number of rotatable bonds is 0. The largest absolute Gasteiger partial charge is 0.244 e. The summed E-state index contributed by atoms with van der Waals surface area (Å²) in [7, 11) is 0. The van der Waals surface area contributed by atoms with Gasteiger partial charge in [0.25, 0.3) is 0 Å². The van der Waals surface area contributed by atoms with Crippen LogP contribution in [0.15, 0.2) is 61.7 Å². The molecule has 3 aromatic rings. The van der Waals surface area contributed by atoms with Crippen molar-refractivity contribution in [3.05, 3.63) is 84.0 Å². The van der Waals surface area contributed by atoms with Crippen LogP contribution in [-0.2, 0) is 0 Å². The third-order valence-electron chi connectivity index (χ3n) is 2.71. The van der Waals surface area contributed by atoms with Crippen LogP contribution in [0.1, 0.15) is 22.3 Å². The predicted octanol–water partition coefficient (Wildman–Crippen LogP) is 2.07. The lowest BCUT2D eigenvalue weighted by Gasteiger charge is -1.92. The minimum Gasteiger partial charge on any atom is -0.244 e. The first-order valence-electron chi connectivity index (χ1n) is 6.54. The van der Waals surface area contributed by atoms with Crippen molar-refractivity contribution in [1.29, 1.82) is 0 Å². The van der Waals surface area contributed by atoms with Crippen molar-refractivity contribution < 1.29 is 0 Å². The van der Waals surface area contributed by atoms with Crippen molar-refractivity contribution in [2.75, 3.05) is 0 Å². The van der Waals surface area contributed by atoms with Crippen LogP contribution in [0.25, 0.3) is 0 Å². The molecule has 0 unspecified atom stereocenters. The lowest BCUT2D eigenvalue weighted by Crippen LogP contribution is -1.82. The van der Waals surface area contributed by atoms with E-state index in [0.29, 0.717) is 0 Å². The summed E-state index contributed by atoms with van der Waals surface area (Å²) in [4.78, 5) is 15.7. The lowest BCUT2D eigenvalue weighted by atomic mass is 10.1. The number of hydrogen-bond acceptors (Lipinski definition) is 4. The molecule has 0 spiro atoms.